The van der Waals surface area contributed by atoms with Crippen LogP contribution in [0.25, 0.3) is 88.0 Å². The lowest BCUT2D eigenvalue weighted by Gasteiger charge is -2.29. The molecule has 2 heteroatoms. The minimum absolute atomic E-state index is 0.897. The fourth-order valence-corrected chi connectivity index (χ4v) is 8.72. The molecule has 0 saturated heterocycles. The van der Waals surface area contributed by atoms with Crippen LogP contribution in [0.2, 0.25) is 0 Å². The molecule has 0 unspecified atom stereocenters. The van der Waals surface area contributed by atoms with Gasteiger partial charge in [-0.2, -0.15) is 0 Å². The number of benzene rings is 10. The molecule has 0 amide bonds. The smallest absolute Gasteiger partial charge is 0.136 e. The number of rotatable bonds is 7. The summed E-state index contributed by atoms with van der Waals surface area (Å²) in [6, 6.07) is 80.8. The van der Waals surface area contributed by atoms with E-state index in [9.17, 15) is 0 Å². The minimum Gasteiger partial charge on any atom is -0.456 e. The van der Waals surface area contributed by atoms with E-state index in [4.69, 9.17) is 4.42 Å². The summed E-state index contributed by atoms with van der Waals surface area (Å²) in [6.07, 6.45) is 0. The molecule has 58 heavy (non-hydrogen) atoms. The van der Waals surface area contributed by atoms with E-state index in [-0.39, 0.29) is 0 Å². The zero-order chi connectivity index (χ0) is 38.4. The monoisotopic (exact) mass is 739 g/mol. The summed E-state index contributed by atoms with van der Waals surface area (Å²) < 4.78 is 6.28. The highest BCUT2D eigenvalue weighted by molar-refractivity contribution is 6.12. The van der Waals surface area contributed by atoms with Crippen LogP contribution < -0.4 is 4.90 Å². The average molecular weight is 740 g/mol. The van der Waals surface area contributed by atoms with Gasteiger partial charge in [0.1, 0.15) is 11.2 Å². The molecule has 0 spiro atoms. The van der Waals surface area contributed by atoms with Crippen molar-refractivity contribution in [2.24, 2.45) is 0 Å². The summed E-state index contributed by atoms with van der Waals surface area (Å²) in [4.78, 5) is 2.42. The van der Waals surface area contributed by atoms with Gasteiger partial charge in [-0.05, 0) is 103 Å². The Labute approximate surface area is 337 Å². The molecule has 0 N–H and O–H groups in total. The third kappa shape index (κ3) is 5.82. The van der Waals surface area contributed by atoms with E-state index in [1.54, 1.807) is 0 Å². The van der Waals surface area contributed by atoms with Crippen LogP contribution in [0.15, 0.2) is 229 Å². The van der Waals surface area contributed by atoms with Crippen LogP contribution >= 0.6 is 0 Å². The van der Waals surface area contributed by atoms with Crippen molar-refractivity contribution in [1.29, 1.82) is 0 Å². The molecular formula is C56H37NO. The number of para-hydroxylation sites is 1. The van der Waals surface area contributed by atoms with Gasteiger partial charge in [-0.3, -0.25) is 0 Å². The number of nitrogens with zero attached hydrogens (tertiary/aromatic N) is 1. The van der Waals surface area contributed by atoms with Gasteiger partial charge in [0.05, 0.1) is 5.69 Å². The number of fused-ring (bicyclic) bond motifs is 5. The van der Waals surface area contributed by atoms with E-state index >= 15 is 0 Å². The summed E-state index contributed by atoms with van der Waals surface area (Å²) in [7, 11) is 0. The van der Waals surface area contributed by atoms with Crippen LogP contribution in [-0.4, -0.2) is 0 Å². The predicted molar refractivity (Wildman–Crippen MR) is 245 cm³/mol. The molecule has 1 heterocycles. The fraction of sp³-hybridized carbons (Fsp3) is 0. The van der Waals surface area contributed by atoms with Gasteiger partial charge in [-0.25, -0.2) is 0 Å². The van der Waals surface area contributed by atoms with Crippen molar-refractivity contribution in [3.05, 3.63) is 224 Å². The Balaban J connectivity index is 1.11. The standard InChI is InChI=1S/C56H37NO/c1-2-13-40(14-3-1)50-36-31-43(49-23-11-18-39-16-5-7-20-47(39)49)37-53(50)57(44-32-27-41(28-33-44)48-22-10-17-38-15-4-6-19-46(38)48)45-34-29-42(30-35-45)51-24-12-26-55-56(51)52-21-8-9-25-54(52)58-55/h1-37H. The molecule has 11 aromatic rings. The lowest BCUT2D eigenvalue weighted by Crippen LogP contribution is -2.11. The Morgan fingerprint density at radius 1 is 0.293 bits per heavy atom. The maximum Gasteiger partial charge on any atom is 0.136 e. The molecule has 0 aliphatic carbocycles. The Morgan fingerprint density at radius 2 is 0.759 bits per heavy atom. The first-order valence-electron chi connectivity index (χ1n) is 19.8. The zero-order valence-corrected chi connectivity index (χ0v) is 31.7. The fourth-order valence-electron chi connectivity index (χ4n) is 8.72. The van der Waals surface area contributed by atoms with E-state index in [0.29, 0.717) is 0 Å². The largest absolute Gasteiger partial charge is 0.456 e. The van der Waals surface area contributed by atoms with Gasteiger partial charge >= 0.3 is 0 Å². The summed E-state index contributed by atoms with van der Waals surface area (Å²) in [6.45, 7) is 0. The van der Waals surface area contributed by atoms with E-state index in [1.165, 1.54) is 43.8 Å². The molecule has 10 aromatic carbocycles. The van der Waals surface area contributed by atoms with Gasteiger partial charge in [-0.15, -0.1) is 0 Å². The van der Waals surface area contributed by atoms with Crippen molar-refractivity contribution in [2.75, 3.05) is 4.90 Å². The highest BCUT2D eigenvalue weighted by atomic mass is 16.3. The topological polar surface area (TPSA) is 16.4 Å². The van der Waals surface area contributed by atoms with Crippen LogP contribution in [0.4, 0.5) is 17.1 Å². The van der Waals surface area contributed by atoms with Gasteiger partial charge < -0.3 is 9.32 Å². The molecule has 0 radical (unpaired) electrons. The third-order valence-electron chi connectivity index (χ3n) is 11.5. The van der Waals surface area contributed by atoms with Crippen LogP contribution in [0.3, 0.4) is 0 Å². The lowest BCUT2D eigenvalue weighted by atomic mass is 9.93. The molecule has 272 valence electrons. The van der Waals surface area contributed by atoms with Crippen LogP contribution in [-0.2, 0) is 0 Å². The highest BCUT2D eigenvalue weighted by Gasteiger charge is 2.20. The Morgan fingerprint density at radius 3 is 1.43 bits per heavy atom. The first-order valence-corrected chi connectivity index (χ1v) is 19.8. The molecule has 0 saturated carbocycles. The molecule has 0 aliphatic rings. The van der Waals surface area contributed by atoms with Crippen LogP contribution in [0, 0.1) is 0 Å². The Kier molecular flexibility index (Phi) is 8.19. The second-order valence-electron chi connectivity index (χ2n) is 14.9. The molecule has 0 fully saturated rings. The maximum absolute atomic E-state index is 6.28. The molecule has 11 rings (SSSR count). The second-order valence-corrected chi connectivity index (χ2v) is 14.9. The normalized spacial score (nSPS) is 11.4. The van der Waals surface area contributed by atoms with Crippen LogP contribution in [0.5, 0.6) is 0 Å². The van der Waals surface area contributed by atoms with Gasteiger partial charge in [0.2, 0.25) is 0 Å². The molecular weight excluding hydrogens is 703 g/mol. The zero-order valence-electron chi connectivity index (χ0n) is 31.7. The predicted octanol–water partition coefficient (Wildman–Crippen LogP) is 16.0. The van der Waals surface area contributed by atoms with Gasteiger partial charge in [0.15, 0.2) is 0 Å². The number of hydrogen-bond donors (Lipinski definition) is 0. The SMILES string of the molecule is c1ccc(-c2ccc(-c3cccc4ccccc34)cc2N(c2ccc(-c3cccc4ccccc34)cc2)c2ccc(-c3cccc4oc5ccccc5c34)cc2)cc1. The Bertz CT molecular complexity index is 3260. The van der Waals surface area contributed by atoms with Gasteiger partial charge in [0, 0.05) is 27.7 Å². The second kappa shape index (κ2) is 14.1. The van der Waals surface area contributed by atoms with Crippen LogP contribution in [0.1, 0.15) is 0 Å². The Hall–Kier alpha value is -7.68. The number of hydrogen-bond acceptors (Lipinski definition) is 2. The summed E-state index contributed by atoms with van der Waals surface area (Å²) in [5.41, 5.74) is 14.4. The third-order valence-corrected chi connectivity index (χ3v) is 11.5. The van der Waals surface area contributed by atoms with Gasteiger partial charge in [-0.1, -0.05) is 182 Å². The maximum atomic E-state index is 6.28. The molecule has 0 aliphatic heterocycles. The summed E-state index contributed by atoms with van der Waals surface area (Å²) >= 11 is 0. The number of anilines is 3. The summed E-state index contributed by atoms with van der Waals surface area (Å²) in [5.74, 6) is 0. The summed E-state index contributed by atoms with van der Waals surface area (Å²) in [5, 5.41) is 7.22. The number of furan rings is 1. The molecule has 0 bridgehead atoms. The van der Waals surface area contributed by atoms with Crippen molar-refractivity contribution < 1.29 is 4.42 Å². The van der Waals surface area contributed by atoms with Crippen molar-refractivity contribution in [3.63, 3.8) is 0 Å². The van der Waals surface area contributed by atoms with Crippen molar-refractivity contribution in [1.82, 2.24) is 0 Å². The van der Waals surface area contributed by atoms with Crippen molar-refractivity contribution in [3.8, 4) is 44.5 Å². The average Bonchev–Trinajstić information content (AvgIpc) is 3.69. The van der Waals surface area contributed by atoms with Crippen molar-refractivity contribution in [2.45, 2.75) is 0 Å². The van der Waals surface area contributed by atoms with E-state index < -0.39 is 0 Å². The van der Waals surface area contributed by atoms with Gasteiger partial charge in [0.25, 0.3) is 0 Å². The first kappa shape index (κ1) is 33.6. The molecule has 1 aromatic heterocycles. The lowest BCUT2D eigenvalue weighted by molar-refractivity contribution is 0.669. The molecule has 2 nitrogen and oxygen atoms in total. The van der Waals surface area contributed by atoms with E-state index in [1.807, 2.05) is 12.1 Å². The first-order chi connectivity index (χ1) is 28.8. The highest BCUT2D eigenvalue weighted by Crippen LogP contribution is 2.45. The quantitative estimate of drug-likeness (QED) is 0.162. The van der Waals surface area contributed by atoms with Crippen molar-refractivity contribution >= 4 is 60.5 Å². The minimum atomic E-state index is 0.897. The van der Waals surface area contributed by atoms with E-state index in [2.05, 4.69) is 217 Å². The molecule has 0 atom stereocenters. The van der Waals surface area contributed by atoms with E-state index in [0.717, 1.165) is 61.3 Å².